The Kier molecular flexibility index (Phi) is 6.77. The molecule has 0 aromatic heterocycles. The summed E-state index contributed by atoms with van der Waals surface area (Å²) in [6.07, 6.45) is 3.15. The summed E-state index contributed by atoms with van der Waals surface area (Å²) < 4.78 is 0. The van der Waals surface area contributed by atoms with Crippen LogP contribution in [0.2, 0.25) is 0 Å². The summed E-state index contributed by atoms with van der Waals surface area (Å²) in [5, 5.41) is 0. The van der Waals surface area contributed by atoms with Gasteiger partial charge in [-0.3, -0.25) is 4.79 Å². The Hall–Kier alpha value is -1.31. The minimum atomic E-state index is 0.182. The average Bonchev–Trinajstić information content (AvgIpc) is 2.45. The molecule has 1 unspecified atom stereocenters. The lowest BCUT2D eigenvalue weighted by Crippen LogP contribution is -2.33. The van der Waals surface area contributed by atoms with Gasteiger partial charge in [0, 0.05) is 18.7 Å². The maximum absolute atomic E-state index is 12.6. The minimum absolute atomic E-state index is 0.182. The van der Waals surface area contributed by atoms with E-state index in [-0.39, 0.29) is 5.91 Å². The van der Waals surface area contributed by atoms with Crippen LogP contribution in [-0.4, -0.2) is 23.9 Å². The molecule has 1 amide bonds. The van der Waals surface area contributed by atoms with Crippen LogP contribution in [0.5, 0.6) is 0 Å². The van der Waals surface area contributed by atoms with Gasteiger partial charge >= 0.3 is 0 Å². The Bertz CT molecular complexity index is 433. The Morgan fingerprint density at radius 1 is 1.15 bits per heavy atom. The van der Waals surface area contributed by atoms with Gasteiger partial charge in [0.15, 0.2) is 0 Å². The summed E-state index contributed by atoms with van der Waals surface area (Å²) in [5.74, 6) is 0.738. The zero-order valence-corrected chi connectivity index (χ0v) is 13.7. The molecule has 1 atom stereocenters. The number of hydrogen-bond donors (Lipinski definition) is 0. The Balaban J connectivity index is 2.97. The van der Waals surface area contributed by atoms with Crippen molar-refractivity contribution < 1.29 is 4.79 Å². The lowest BCUT2D eigenvalue weighted by Gasteiger charge is -2.23. The van der Waals surface area contributed by atoms with Crippen LogP contribution in [0.15, 0.2) is 18.2 Å². The molecule has 1 aromatic rings. The van der Waals surface area contributed by atoms with Gasteiger partial charge < -0.3 is 4.90 Å². The topological polar surface area (TPSA) is 20.3 Å². The summed E-state index contributed by atoms with van der Waals surface area (Å²) >= 11 is 0. The zero-order valence-electron chi connectivity index (χ0n) is 13.7. The minimum Gasteiger partial charge on any atom is -0.339 e. The third-order valence-electron chi connectivity index (χ3n) is 3.94. The van der Waals surface area contributed by atoms with Crippen LogP contribution in [0.25, 0.3) is 0 Å². The first-order valence-electron chi connectivity index (χ1n) is 7.94. The number of carbonyl (C=O) groups excluding carboxylic acids is 1. The predicted molar refractivity (Wildman–Crippen MR) is 86.4 cm³/mol. The Labute approximate surface area is 124 Å². The van der Waals surface area contributed by atoms with Gasteiger partial charge in [-0.1, -0.05) is 39.8 Å². The van der Waals surface area contributed by atoms with Crippen LogP contribution in [0.3, 0.4) is 0 Å². The molecule has 0 aliphatic rings. The van der Waals surface area contributed by atoms with Gasteiger partial charge in [0.25, 0.3) is 5.91 Å². The molecule has 112 valence electrons. The van der Waals surface area contributed by atoms with Gasteiger partial charge in [0.05, 0.1) is 0 Å². The maximum atomic E-state index is 12.6. The number of nitrogens with zero attached hydrogens (tertiary/aromatic N) is 1. The van der Waals surface area contributed by atoms with Crippen LogP contribution in [-0.2, 0) is 0 Å². The van der Waals surface area contributed by atoms with Gasteiger partial charge in [-0.2, -0.15) is 0 Å². The van der Waals surface area contributed by atoms with Crippen molar-refractivity contribution >= 4 is 5.91 Å². The van der Waals surface area contributed by atoms with Crippen molar-refractivity contribution in [2.75, 3.05) is 13.1 Å². The fourth-order valence-corrected chi connectivity index (χ4v) is 2.49. The molecule has 1 aromatic carbocycles. The van der Waals surface area contributed by atoms with Crippen LogP contribution >= 0.6 is 0 Å². The van der Waals surface area contributed by atoms with Gasteiger partial charge in [0.2, 0.25) is 0 Å². The molecular formula is C18H29NO. The van der Waals surface area contributed by atoms with Crippen LogP contribution in [0, 0.1) is 6.92 Å². The van der Waals surface area contributed by atoms with Crippen molar-refractivity contribution in [1.29, 1.82) is 0 Å². The first kappa shape index (κ1) is 16.7. The van der Waals surface area contributed by atoms with Crippen LogP contribution < -0.4 is 0 Å². The Morgan fingerprint density at radius 2 is 1.75 bits per heavy atom. The molecule has 20 heavy (non-hydrogen) atoms. The lowest BCUT2D eigenvalue weighted by molar-refractivity contribution is 0.0755. The van der Waals surface area contributed by atoms with Crippen LogP contribution in [0.1, 0.15) is 74.4 Å². The second-order valence-corrected chi connectivity index (χ2v) is 5.68. The van der Waals surface area contributed by atoms with E-state index in [0.717, 1.165) is 43.5 Å². The molecule has 0 saturated carbocycles. The van der Waals surface area contributed by atoms with Crippen molar-refractivity contribution in [3.63, 3.8) is 0 Å². The molecule has 0 aliphatic carbocycles. The normalized spacial score (nSPS) is 12.2. The summed E-state index contributed by atoms with van der Waals surface area (Å²) in [6, 6.07) is 6.30. The molecule has 0 spiro atoms. The third kappa shape index (κ3) is 4.09. The van der Waals surface area contributed by atoms with E-state index >= 15 is 0 Å². The molecule has 0 saturated heterocycles. The molecule has 2 nitrogen and oxygen atoms in total. The number of rotatable bonds is 7. The van der Waals surface area contributed by atoms with Crippen molar-refractivity contribution in [2.45, 2.75) is 59.8 Å². The second-order valence-electron chi connectivity index (χ2n) is 5.68. The van der Waals surface area contributed by atoms with Gasteiger partial charge in [-0.05, 0) is 49.3 Å². The maximum Gasteiger partial charge on any atom is 0.254 e. The molecular weight excluding hydrogens is 246 g/mol. The highest BCUT2D eigenvalue weighted by molar-refractivity contribution is 5.95. The highest BCUT2D eigenvalue weighted by Gasteiger charge is 2.17. The van der Waals surface area contributed by atoms with Crippen LogP contribution in [0.4, 0.5) is 0 Å². The van der Waals surface area contributed by atoms with E-state index in [0.29, 0.717) is 5.92 Å². The van der Waals surface area contributed by atoms with Crippen molar-refractivity contribution in [1.82, 2.24) is 4.90 Å². The number of benzene rings is 1. The van der Waals surface area contributed by atoms with Gasteiger partial charge in [-0.25, -0.2) is 0 Å². The number of carbonyl (C=O) groups is 1. The smallest absolute Gasteiger partial charge is 0.254 e. The highest BCUT2D eigenvalue weighted by Crippen LogP contribution is 2.22. The quantitative estimate of drug-likeness (QED) is 0.702. The fraction of sp³-hybridized carbons (Fsp3) is 0.611. The SMILES string of the molecule is CCCN(CCC)C(=O)c1ccc(C(C)CC)cc1C. The van der Waals surface area contributed by atoms with Crippen molar-refractivity contribution in [3.8, 4) is 0 Å². The van der Waals surface area contributed by atoms with E-state index in [2.05, 4.69) is 46.8 Å². The van der Waals surface area contributed by atoms with E-state index in [9.17, 15) is 4.79 Å². The summed E-state index contributed by atoms with van der Waals surface area (Å²) in [7, 11) is 0. The van der Waals surface area contributed by atoms with Gasteiger partial charge in [-0.15, -0.1) is 0 Å². The monoisotopic (exact) mass is 275 g/mol. The largest absolute Gasteiger partial charge is 0.339 e. The molecule has 0 bridgehead atoms. The highest BCUT2D eigenvalue weighted by atomic mass is 16.2. The van der Waals surface area contributed by atoms with E-state index in [1.54, 1.807) is 0 Å². The summed E-state index contributed by atoms with van der Waals surface area (Å²) in [6.45, 7) is 12.4. The van der Waals surface area contributed by atoms with Crippen molar-refractivity contribution in [2.24, 2.45) is 0 Å². The first-order valence-corrected chi connectivity index (χ1v) is 7.94. The molecule has 1 rings (SSSR count). The zero-order chi connectivity index (χ0) is 15.1. The molecule has 2 heteroatoms. The summed E-state index contributed by atoms with van der Waals surface area (Å²) in [4.78, 5) is 14.6. The Morgan fingerprint density at radius 3 is 2.20 bits per heavy atom. The third-order valence-corrected chi connectivity index (χ3v) is 3.94. The second kappa shape index (κ2) is 8.08. The molecule has 0 N–H and O–H groups in total. The fourth-order valence-electron chi connectivity index (χ4n) is 2.49. The molecule has 0 heterocycles. The molecule has 0 aliphatic heterocycles. The van der Waals surface area contributed by atoms with E-state index < -0.39 is 0 Å². The van der Waals surface area contributed by atoms with E-state index in [1.807, 2.05) is 11.0 Å². The summed E-state index contributed by atoms with van der Waals surface area (Å²) in [5.41, 5.74) is 3.29. The standard InChI is InChI=1S/C18H29NO/c1-6-11-19(12-7-2)18(20)17-10-9-16(13-15(17)5)14(4)8-3/h9-10,13-14H,6-8,11-12H2,1-5H3. The van der Waals surface area contributed by atoms with Gasteiger partial charge in [0.1, 0.15) is 0 Å². The molecule has 0 radical (unpaired) electrons. The lowest BCUT2D eigenvalue weighted by atomic mass is 9.94. The van der Waals surface area contributed by atoms with Crippen molar-refractivity contribution in [3.05, 3.63) is 34.9 Å². The molecule has 0 fully saturated rings. The number of aryl methyl sites for hydroxylation is 1. The van der Waals surface area contributed by atoms with E-state index in [4.69, 9.17) is 0 Å². The first-order chi connectivity index (χ1) is 9.54. The average molecular weight is 275 g/mol. The number of hydrogen-bond acceptors (Lipinski definition) is 1. The number of amides is 1. The van der Waals surface area contributed by atoms with E-state index in [1.165, 1.54) is 5.56 Å². The predicted octanol–water partition coefficient (Wildman–Crippen LogP) is 4.77.